The van der Waals surface area contributed by atoms with E-state index in [1.54, 1.807) is 12.1 Å². The largest absolute Gasteiger partial charge is 0.352 e. The van der Waals surface area contributed by atoms with Gasteiger partial charge in [0.2, 0.25) is 0 Å². The molecule has 0 atom stereocenters. The molecule has 0 aliphatic carbocycles. The second-order valence-electron chi connectivity index (χ2n) is 6.19. The van der Waals surface area contributed by atoms with Crippen LogP contribution in [0.15, 0.2) is 54.9 Å². The number of aryl methyl sites for hydroxylation is 1. The first-order valence-corrected chi connectivity index (χ1v) is 8.94. The summed E-state index contributed by atoms with van der Waals surface area (Å²) in [5.74, 6) is 0.258. The molecule has 1 amide bonds. The Morgan fingerprint density at radius 3 is 3.00 bits per heavy atom. The highest BCUT2D eigenvalue weighted by Gasteiger charge is 2.13. The summed E-state index contributed by atoms with van der Waals surface area (Å²) in [6, 6.07) is 11.7. The lowest BCUT2D eigenvalue weighted by molar-refractivity contribution is 0.0953. The maximum absolute atomic E-state index is 13.3. The molecule has 5 nitrogen and oxygen atoms in total. The molecule has 0 saturated carbocycles. The fourth-order valence-corrected chi connectivity index (χ4v) is 3.24. The molecule has 1 N–H and O–H groups in total. The maximum atomic E-state index is 13.3. The number of carbonyl (C=O) groups excluding carboxylic acids is 1. The smallest absolute Gasteiger partial charge is 0.254 e. The van der Waals surface area contributed by atoms with Gasteiger partial charge in [-0.1, -0.05) is 17.7 Å². The number of hydrogen-bond donors (Lipinski definition) is 1. The fourth-order valence-electron chi connectivity index (χ4n) is 3.00. The van der Waals surface area contributed by atoms with Gasteiger partial charge in [0.1, 0.15) is 16.8 Å². The minimum atomic E-state index is -0.394. The number of rotatable bonds is 5. The van der Waals surface area contributed by atoms with Gasteiger partial charge in [-0.05, 0) is 36.8 Å². The lowest BCUT2D eigenvalue weighted by atomic mass is 10.1. The molecular weight excluding hydrogens is 367 g/mol. The number of aromatic nitrogens is 3. The molecule has 0 unspecified atom stereocenters. The van der Waals surface area contributed by atoms with Crippen molar-refractivity contribution in [3.05, 3.63) is 77.2 Å². The van der Waals surface area contributed by atoms with Gasteiger partial charge >= 0.3 is 0 Å². The number of nitrogens with one attached hydrogen (secondary N) is 1. The number of pyridine rings is 2. The summed E-state index contributed by atoms with van der Waals surface area (Å²) >= 11 is 6.10. The Balaban J connectivity index is 1.40. The average molecular weight is 383 g/mol. The summed E-state index contributed by atoms with van der Waals surface area (Å²) in [6.45, 7) is 0.484. The Hall–Kier alpha value is -2.99. The Kier molecular flexibility index (Phi) is 4.73. The highest BCUT2D eigenvalue weighted by molar-refractivity contribution is 6.33. The van der Waals surface area contributed by atoms with Gasteiger partial charge in [-0.15, -0.1) is 0 Å². The van der Waals surface area contributed by atoms with Gasteiger partial charge in [0, 0.05) is 30.6 Å². The molecule has 0 aliphatic heterocycles. The van der Waals surface area contributed by atoms with E-state index in [1.165, 1.54) is 12.1 Å². The van der Waals surface area contributed by atoms with Crippen LogP contribution in [0.25, 0.3) is 16.4 Å². The van der Waals surface area contributed by atoms with Crippen LogP contribution in [0.4, 0.5) is 4.39 Å². The molecule has 136 valence electrons. The van der Waals surface area contributed by atoms with Crippen molar-refractivity contribution < 1.29 is 9.18 Å². The standard InChI is InChI=1S/C20H16ClFN4O/c21-19-16(10-13-6-7-14(22)11-17(13)25-19)20(27)23-8-3-5-18-24-12-15-4-1-2-9-26(15)18/h1-2,4,6-7,9-12H,3,5,8H2,(H,23,27). The van der Waals surface area contributed by atoms with Crippen molar-refractivity contribution >= 4 is 33.9 Å². The quantitative estimate of drug-likeness (QED) is 0.418. The van der Waals surface area contributed by atoms with E-state index >= 15 is 0 Å². The molecule has 4 aromatic rings. The molecule has 0 aliphatic rings. The van der Waals surface area contributed by atoms with Gasteiger partial charge in [0.05, 0.1) is 22.8 Å². The molecule has 27 heavy (non-hydrogen) atoms. The molecule has 0 spiro atoms. The lowest BCUT2D eigenvalue weighted by Gasteiger charge is -2.08. The number of nitrogens with zero attached hydrogens (tertiary/aromatic N) is 3. The van der Waals surface area contributed by atoms with Gasteiger partial charge in [0.15, 0.2) is 0 Å². The van der Waals surface area contributed by atoms with Crippen LogP contribution in [0.3, 0.4) is 0 Å². The second kappa shape index (κ2) is 7.32. The number of carbonyl (C=O) groups is 1. The third kappa shape index (κ3) is 3.61. The van der Waals surface area contributed by atoms with E-state index in [1.807, 2.05) is 35.0 Å². The van der Waals surface area contributed by atoms with E-state index in [2.05, 4.69) is 15.3 Å². The molecule has 0 fully saturated rings. The van der Waals surface area contributed by atoms with Gasteiger partial charge in [0.25, 0.3) is 5.91 Å². The highest BCUT2D eigenvalue weighted by atomic mass is 35.5. The number of imidazole rings is 1. The first kappa shape index (κ1) is 17.4. The van der Waals surface area contributed by atoms with Crippen LogP contribution in [-0.2, 0) is 6.42 Å². The molecule has 1 aromatic carbocycles. The monoisotopic (exact) mass is 382 g/mol. The molecule has 0 radical (unpaired) electrons. The molecule has 3 heterocycles. The highest BCUT2D eigenvalue weighted by Crippen LogP contribution is 2.21. The van der Waals surface area contributed by atoms with Crippen LogP contribution < -0.4 is 5.32 Å². The Morgan fingerprint density at radius 2 is 2.11 bits per heavy atom. The Bertz CT molecular complexity index is 1140. The predicted octanol–water partition coefficient (Wildman–Crippen LogP) is 4.04. The molecule has 0 saturated heterocycles. The van der Waals surface area contributed by atoms with E-state index in [-0.39, 0.29) is 16.6 Å². The van der Waals surface area contributed by atoms with Gasteiger partial charge in [-0.2, -0.15) is 0 Å². The average Bonchev–Trinajstić information content (AvgIpc) is 3.07. The Labute approximate surface area is 159 Å². The third-order valence-electron chi connectivity index (χ3n) is 4.36. The first-order chi connectivity index (χ1) is 13.1. The van der Waals surface area contributed by atoms with Gasteiger partial charge in [-0.25, -0.2) is 14.4 Å². The van der Waals surface area contributed by atoms with Crippen LogP contribution in [0.2, 0.25) is 5.15 Å². The van der Waals surface area contributed by atoms with Crippen molar-refractivity contribution in [3.8, 4) is 0 Å². The molecule has 0 bridgehead atoms. The van der Waals surface area contributed by atoms with E-state index < -0.39 is 5.82 Å². The minimum Gasteiger partial charge on any atom is -0.352 e. The van der Waals surface area contributed by atoms with Gasteiger partial charge < -0.3 is 9.72 Å². The zero-order valence-corrected chi connectivity index (χ0v) is 15.1. The number of benzene rings is 1. The predicted molar refractivity (Wildman–Crippen MR) is 103 cm³/mol. The lowest BCUT2D eigenvalue weighted by Crippen LogP contribution is -2.25. The SMILES string of the molecule is O=C(NCCCc1ncc2ccccn12)c1cc2ccc(F)cc2nc1Cl. The number of halogens is 2. The van der Waals surface area contributed by atoms with Crippen molar-refractivity contribution in [2.75, 3.05) is 6.54 Å². The Morgan fingerprint density at radius 1 is 1.22 bits per heavy atom. The molecule has 3 aromatic heterocycles. The summed E-state index contributed by atoms with van der Waals surface area (Å²) in [7, 11) is 0. The third-order valence-corrected chi connectivity index (χ3v) is 4.64. The van der Waals surface area contributed by atoms with Crippen LogP contribution in [0.5, 0.6) is 0 Å². The molecular formula is C20H16ClFN4O. The van der Waals surface area contributed by atoms with E-state index in [4.69, 9.17) is 11.6 Å². The van der Waals surface area contributed by atoms with Crippen molar-refractivity contribution in [3.63, 3.8) is 0 Å². The molecule has 7 heteroatoms. The summed E-state index contributed by atoms with van der Waals surface area (Å²) in [5, 5.41) is 3.57. The number of hydrogen-bond acceptors (Lipinski definition) is 3. The van der Waals surface area contributed by atoms with Crippen molar-refractivity contribution in [2.45, 2.75) is 12.8 Å². The normalized spacial score (nSPS) is 11.2. The van der Waals surface area contributed by atoms with Crippen molar-refractivity contribution in [2.24, 2.45) is 0 Å². The topological polar surface area (TPSA) is 59.3 Å². The zero-order chi connectivity index (χ0) is 18.8. The van der Waals surface area contributed by atoms with Crippen LogP contribution >= 0.6 is 11.6 Å². The van der Waals surface area contributed by atoms with Crippen LogP contribution in [0.1, 0.15) is 22.6 Å². The summed E-state index contributed by atoms with van der Waals surface area (Å²) in [5.41, 5.74) is 1.74. The van der Waals surface area contributed by atoms with E-state index in [0.717, 1.165) is 24.2 Å². The van der Waals surface area contributed by atoms with Crippen LogP contribution in [-0.4, -0.2) is 26.8 Å². The van der Waals surface area contributed by atoms with E-state index in [9.17, 15) is 9.18 Å². The first-order valence-electron chi connectivity index (χ1n) is 8.57. The number of amides is 1. The summed E-state index contributed by atoms with van der Waals surface area (Å²) in [4.78, 5) is 20.9. The maximum Gasteiger partial charge on any atom is 0.254 e. The van der Waals surface area contributed by atoms with Crippen molar-refractivity contribution in [1.29, 1.82) is 0 Å². The molecule has 4 rings (SSSR count). The van der Waals surface area contributed by atoms with E-state index in [0.29, 0.717) is 17.4 Å². The number of fused-ring (bicyclic) bond motifs is 2. The second-order valence-corrected chi connectivity index (χ2v) is 6.55. The minimum absolute atomic E-state index is 0.0600. The fraction of sp³-hybridized carbons (Fsp3) is 0.150. The van der Waals surface area contributed by atoms with Gasteiger partial charge in [-0.3, -0.25) is 4.79 Å². The van der Waals surface area contributed by atoms with Crippen LogP contribution in [0, 0.1) is 5.82 Å². The van der Waals surface area contributed by atoms with Crippen molar-refractivity contribution in [1.82, 2.24) is 19.7 Å². The summed E-state index contributed by atoms with van der Waals surface area (Å²) in [6.07, 6.45) is 5.28. The summed E-state index contributed by atoms with van der Waals surface area (Å²) < 4.78 is 15.3. The zero-order valence-electron chi connectivity index (χ0n) is 14.3.